The molecule has 0 spiro atoms. The number of rotatable bonds is 19. The summed E-state index contributed by atoms with van der Waals surface area (Å²) in [5.74, 6) is 0.604. The van der Waals surface area contributed by atoms with Gasteiger partial charge in [-0.05, 0) is 186 Å². The van der Waals surface area contributed by atoms with E-state index in [0.29, 0.717) is 108 Å². The number of nitrogens with zero attached hydrogens (tertiary/aromatic N) is 19. The molecule has 0 bridgehead atoms. The van der Waals surface area contributed by atoms with Gasteiger partial charge in [-0.1, -0.05) is 71.0 Å². The van der Waals surface area contributed by atoms with E-state index >= 15 is 4.39 Å². The number of imidazole rings is 3. The van der Waals surface area contributed by atoms with Gasteiger partial charge in [0, 0.05) is 154 Å². The maximum atomic E-state index is 15.2. The summed E-state index contributed by atoms with van der Waals surface area (Å²) in [6.07, 6.45) is 20.3. The SMILES string of the molecule is CCOC(=O)c1noc(C(C)(C)C)n1.Cc1cc(CCC(=O)c2noc(C(C)(C)C)n2)c(F)cc1-c1ccnc2nc(-c3cnn(C)c3)[nH]c12.Cc1cc(CN)c(F)cc1-c1ccnc2nc(-c3cnn(C)c3)[nH]c12.Cc1cc(CNC(=O)OC(C)(C)C)c(F)cc1-c1ccnc(N)c1N.Cc1cc(CNC(=O)OC(C)(C)C)c(F)cc1-c1ccnc2nc(-c3cnn(C)c3)[nH]c12.Cn1cc(C=O)cn1. The van der Waals surface area contributed by atoms with Gasteiger partial charge in [0.2, 0.25) is 23.4 Å². The van der Waals surface area contributed by atoms with Crippen LogP contribution in [0.25, 0.3) is 112 Å². The number of aromatic nitrogens is 22. The molecule has 0 radical (unpaired) electrons. The summed E-state index contributed by atoms with van der Waals surface area (Å²) in [5, 5.41) is 28.8. The zero-order chi connectivity index (χ0) is 102. The predicted molar refractivity (Wildman–Crippen MR) is 519 cm³/mol. The molecule has 0 fully saturated rings. The molecule has 0 unspecified atom stereocenters. The van der Waals surface area contributed by atoms with Gasteiger partial charge >= 0.3 is 18.2 Å². The van der Waals surface area contributed by atoms with Gasteiger partial charge in [0.1, 0.15) is 57.8 Å². The third-order valence-corrected chi connectivity index (χ3v) is 21.1. The zero-order valence-corrected chi connectivity index (χ0v) is 81.5. The molecule has 0 atom stereocenters. The number of halogens is 4. The van der Waals surface area contributed by atoms with E-state index in [0.717, 1.165) is 84.1 Å². The van der Waals surface area contributed by atoms with Crippen LogP contribution in [0.2, 0.25) is 0 Å². The molecular formula is C99H111F4N27O10. The van der Waals surface area contributed by atoms with Crippen LogP contribution in [0.15, 0.2) is 156 Å². The molecule has 0 aliphatic heterocycles. The number of Topliss-reactive ketones (excluding diaryl/α,β-unsaturated/α-hetero) is 1. The first kappa shape index (κ1) is 103. The van der Waals surface area contributed by atoms with Gasteiger partial charge < -0.3 is 66.0 Å². The van der Waals surface area contributed by atoms with Gasteiger partial charge in [-0.3, -0.25) is 28.3 Å². The molecule has 140 heavy (non-hydrogen) atoms. The topological polar surface area (TPSA) is 502 Å². The lowest BCUT2D eigenvalue weighted by Gasteiger charge is -2.20. The van der Waals surface area contributed by atoms with Crippen molar-refractivity contribution in [2.45, 2.75) is 172 Å². The van der Waals surface area contributed by atoms with Crippen molar-refractivity contribution in [2.24, 2.45) is 33.9 Å². The quantitative estimate of drug-likeness (QED) is 0.0122. The first-order valence-corrected chi connectivity index (χ1v) is 44.3. The largest absolute Gasteiger partial charge is 0.460 e. The molecule has 0 saturated heterocycles. The van der Waals surface area contributed by atoms with Gasteiger partial charge in [0.15, 0.2) is 23.2 Å². The molecule has 37 nitrogen and oxygen atoms in total. The van der Waals surface area contributed by atoms with Crippen molar-refractivity contribution in [3.63, 3.8) is 0 Å². The first-order valence-electron chi connectivity index (χ1n) is 44.3. The molecule has 41 heteroatoms. The van der Waals surface area contributed by atoms with Crippen LogP contribution in [0, 0.1) is 51.0 Å². The standard InChI is InChI=1S/C26H26FN7O2.C23H25FN6O2.C18H17FN6.C18H23FN4O2.C9H14N2O3.C5H6N2O/c1-14-10-15(6-7-20(35)23-32-25(36-33-23)26(2,3)4)19(27)11-18(14)17-8-9-28-24-21(17)30-22(31-24)16-12-29-34(5)13-16;1-13-8-14(10-26-22(31)32-23(2,3)4)18(24)9-17(13)16-6-7-25-21-19(16)28-20(29-21)15-11-27-30(5)12-15;1-10-5-11(7-20)15(19)6-14(10)13-3-4-21-18-16(13)23-17(24-18)12-8-22-25(2)9-12;1-10-7-11(9-23-17(24)25-18(2,3)4)14(19)8-13(10)12-5-6-22-16(21)15(12)20;1-5-13-7(12)6-10-8(14-11-6)9(2,3)4;1-7-3-5(4-8)2-6-7/h8-13H,6-7H2,1-5H3,(H,28,30,31);6-9,11-12H,10H2,1-5H3,(H,26,31)(H,25,28,29);3-6,8-9H,7,20H2,1-2H3,(H,21,23,24);5-8H,9,20H2,1-4H3,(H2,21,22)(H,23,24);5H2,1-4H3;2-4H,1H3. The Kier molecular flexibility index (Phi) is 31.8. The third kappa shape index (κ3) is 25.9. The van der Waals surface area contributed by atoms with Crippen LogP contribution in [0.3, 0.4) is 0 Å². The second-order valence-electron chi connectivity index (χ2n) is 36.8. The maximum Gasteiger partial charge on any atom is 0.407 e. The summed E-state index contributed by atoms with van der Waals surface area (Å²) in [7, 11) is 7.29. The van der Waals surface area contributed by atoms with Crippen LogP contribution in [0.1, 0.15) is 184 Å². The molecule has 2 amide bonds. The number of alkyl carbamates (subject to hydrolysis) is 2. The number of esters is 1. The van der Waals surface area contributed by atoms with Gasteiger partial charge in [-0.25, -0.2) is 66.8 Å². The number of nitrogen functional groups attached to an aromatic ring is 2. The second kappa shape index (κ2) is 43.3. The fraction of sp³-hybridized carbons (Fsp3) is 0.313. The molecule has 13 aromatic heterocycles. The Labute approximate surface area is 802 Å². The smallest absolute Gasteiger partial charge is 0.407 e. The number of aryl methyl sites for hydroxylation is 9. The zero-order valence-electron chi connectivity index (χ0n) is 81.5. The average molecular weight is 1920 g/mol. The number of hydrogen-bond acceptors (Lipinski definition) is 28. The summed E-state index contributed by atoms with van der Waals surface area (Å²) in [5.41, 5.74) is 33.9. The molecule has 0 aliphatic carbocycles. The minimum Gasteiger partial charge on any atom is -0.460 e. The predicted octanol–water partition coefficient (Wildman–Crippen LogP) is 17.6. The van der Waals surface area contributed by atoms with Gasteiger partial charge in [-0.2, -0.15) is 30.4 Å². The summed E-state index contributed by atoms with van der Waals surface area (Å²) < 4.78 is 90.7. The van der Waals surface area contributed by atoms with Crippen LogP contribution in [0.4, 0.5) is 38.7 Å². The Bertz CT molecular complexity index is 7350. The van der Waals surface area contributed by atoms with Gasteiger partial charge in [0.25, 0.3) is 5.82 Å². The maximum absolute atomic E-state index is 15.2. The fourth-order valence-corrected chi connectivity index (χ4v) is 14.2. The number of pyridine rings is 4. The Hall–Kier alpha value is -16.4. The van der Waals surface area contributed by atoms with Gasteiger partial charge in [-0.15, -0.1) is 0 Å². The number of aromatic amines is 3. The minimum atomic E-state index is -0.617. The van der Waals surface area contributed by atoms with Crippen molar-refractivity contribution >= 4 is 75.2 Å². The van der Waals surface area contributed by atoms with Crippen LogP contribution >= 0.6 is 0 Å². The average Bonchev–Trinajstić information content (AvgIpc) is 1.61. The van der Waals surface area contributed by atoms with Crippen molar-refractivity contribution in [1.29, 1.82) is 0 Å². The normalized spacial score (nSPS) is 11.4. The Morgan fingerprint density at radius 2 is 0.807 bits per heavy atom. The van der Waals surface area contributed by atoms with Crippen LogP contribution < -0.4 is 27.8 Å². The molecule has 17 rings (SSSR count). The number of anilines is 2. The number of hydrogen-bond donors (Lipinski definition) is 8. The van der Waals surface area contributed by atoms with Crippen molar-refractivity contribution in [3.05, 3.63) is 244 Å². The van der Waals surface area contributed by atoms with E-state index in [-0.39, 0.29) is 78.2 Å². The lowest BCUT2D eigenvalue weighted by Crippen LogP contribution is -2.32. The van der Waals surface area contributed by atoms with Crippen molar-refractivity contribution in [2.75, 3.05) is 18.1 Å². The third-order valence-electron chi connectivity index (χ3n) is 21.1. The number of amides is 2. The van der Waals surface area contributed by atoms with Crippen LogP contribution in [-0.2, 0) is 79.3 Å². The molecular weight excluding hydrogens is 1800 g/mol. The molecule has 730 valence electrons. The molecule has 13 heterocycles. The second-order valence-corrected chi connectivity index (χ2v) is 36.8. The van der Waals surface area contributed by atoms with Gasteiger partial charge in [0.05, 0.1) is 75.9 Å². The van der Waals surface area contributed by atoms with E-state index in [1.165, 1.54) is 36.7 Å². The molecule has 17 aromatic rings. The molecule has 0 aliphatic rings. The number of benzene rings is 4. The summed E-state index contributed by atoms with van der Waals surface area (Å²) in [4.78, 5) is 106. The van der Waals surface area contributed by atoms with Crippen molar-refractivity contribution < 1.29 is 64.8 Å². The Balaban J connectivity index is 0.000000157. The highest BCUT2D eigenvalue weighted by Gasteiger charge is 2.29. The number of fused-ring (bicyclic) bond motifs is 3. The van der Waals surface area contributed by atoms with Crippen molar-refractivity contribution in [1.82, 2.24) is 120 Å². The van der Waals surface area contributed by atoms with E-state index in [4.69, 9.17) is 40.5 Å². The van der Waals surface area contributed by atoms with Crippen molar-refractivity contribution in [3.8, 4) is 78.7 Å². The van der Waals surface area contributed by atoms with E-state index in [9.17, 15) is 37.1 Å². The Morgan fingerprint density at radius 3 is 1.16 bits per heavy atom. The fourth-order valence-electron chi connectivity index (χ4n) is 14.2. The van der Waals surface area contributed by atoms with Crippen LogP contribution in [0.5, 0.6) is 0 Å². The summed E-state index contributed by atoms with van der Waals surface area (Å²) in [6.45, 7) is 32.0. The molecule has 0 saturated carbocycles. The number of aldehydes is 1. The number of H-pyrrole nitrogens is 3. The Morgan fingerprint density at radius 1 is 0.457 bits per heavy atom. The lowest BCUT2D eigenvalue weighted by atomic mass is 9.95. The number of carbonyl (C=O) groups excluding carboxylic acids is 5. The number of nitrogens with one attached hydrogen (secondary N) is 5. The summed E-state index contributed by atoms with van der Waals surface area (Å²) >= 11 is 0. The minimum absolute atomic E-state index is 0.0169. The van der Waals surface area contributed by atoms with E-state index in [1.54, 1.807) is 148 Å². The van der Waals surface area contributed by atoms with E-state index < -0.39 is 41.0 Å². The van der Waals surface area contributed by atoms with E-state index in [1.807, 2.05) is 127 Å². The number of ether oxygens (including phenoxy) is 3. The molecule has 11 N–H and O–H groups in total. The number of ketones is 1. The number of carbonyl (C=O) groups is 5. The highest BCUT2D eigenvalue weighted by atomic mass is 19.1. The summed E-state index contributed by atoms with van der Waals surface area (Å²) in [6, 6.07) is 20.0. The number of nitrogens with two attached hydrogens (primary N) is 3. The highest BCUT2D eigenvalue weighted by molar-refractivity contribution is 5.96. The van der Waals surface area contributed by atoms with Crippen LogP contribution in [-0.4, -0.2) is 157 Å². The monoisotopic (exact) mass is 1910 g/mol. The lowest BCUT2D eigenvalue weighted by molar-refractivity contribution is 0.0501. The first-order chi connectivity index (χ1) is 66.1. The molecule has 4 aromatic carbocycles. The van der Waals surface area contributed by atoms with E-state index in [2.05, 4.69) is 101 Å². The highest BCUT2D eigenvalue weighted by Crippen LogP contribution is 2.39.